The number of hydrogen-bond donors (Lipinski definition) is 1. The lowest BCUT2D eigenvalue weighted by Crippen LogP contribution is -2.14. The van der Waals surface area contributed by atoms with E-state index in [9.17, 15) is 18.0 Å². The molecule has 21 heavy (non-hydrogen) atoms. The molecule has 0 atom stereocenters. The zero-order valence-corrected chi connectivity index (χ0v) is 12.4. The molecule has 0 unspecified atom stereocenters. The van der Waals surface area contributed by atoms with Crippen LogP contribution >= 0.6 is 15.9 Å². The van der Waals surface area contributed by atoms with Gasteiger partial charge in [-0.25, -0.2) is 0 Å². The molecule has 7 heteroatoms. The number of nitrogens with zero attached hydrogens (tertiary/aromatic N) is 1. The van der Waals surface area contributed by atoms with E-state index >= 15 is 0 Å². The average molecular weight is 359 g/mol. The van der Waals surface area contributed by atoms with E-state index in [2.05, 4.69) is 26.2 Å². The Morgan fingerprint density at radius 2 is 1.95 bits per heavy atom. The van der Waals surface area contributed by atoms with Crippen LogP contribution < -0.4 is 5.32 Å². The Balaban J connectivity index is 2.19. The zero-order valence-electron chi connectivity index (χ0n) is 10.8. The second-order valence-corrected chi connectivity index (χ2v) is 5.11. The van der Waals surface area contributed by atoms with Gasteiger partial charge in [0.15, 0.2) is 0 Å². The van der Waals surface area contributed by atoms with E-state index in [-0.39, 0.29) is 5.56 Å². The van der Waals surface area contributed by atoms with E-state index in [1.807, 2.05) is 13.0 Å². The summed E-state index contributed by atoms with van der Waals surface area (Å²) >= 11 is 3.34. The Morgan fingerprint density at radius 3 is 2.52 bits per heavy atom. The molecule has 1 N–H and O–H groups in total. The van der Waals surface area contributed by atoms with Crippen molar-refractivity contribution in [1.29, 1.82) is 0 Å². The van der Waals surface area contributed by atoms with Crippen LogP contribution in [-0.4, -0.2) is 10.9 Å². The van der Waals surface area contributed by atoms with Crippen molar-refractivity contribution in [3.8, 4) is 0 Å². The lowest BCUT2D eigenvalue weighted by atomic mass is 10.2. The van der Waals surface area contributed by atoms with Crippen LogP contribution in [-0.2, 0) is 6.18 Å². The Kier molecular flexibility index (Phi) is 4.32. The lowest BCUT2D eigenvalue weighted by molar-refractivity contribution is -0.141. The Bertz CT molecular complexity index is 669. The van der Waals surface area contributed by atoms with E-state index in [1.165, 1.54) is 0 Å². The molecule has 3 nitrogen and oxygen atoms in total. The maximum atomic E-state index is 12.4. The van der Waals surface area contributed by atoms with E-state index in [4.69, 9.17) is 0 Å². The molecular formula is C14H10BrF3N2O. The van der Waals surface area contributed by atoms with Gasteiger partial charge in [-0.2, -0.15) is 13.2 Å². The van der Waals surface area contributed by atoms with Crippen molar-refractivity contribution in [3.63, 3.8) is 0 Å². The monoisotopic (exact) mass is 358 g/mol. The molecule has 0 bridgehead atoms. The van der Waals surface area contributed by atoms with Gasteiger partial charge >= 0.3 is 6.18 Å². The second-order valence-electron chi connectivity index (χ2n) is 4.32. The molecule has 0 aliphatic carbocycles. The summed E-state index contributed by atoms with van der Waals surface area (Å²) in [5.74, 6) is -0.525. The highest BCUT2D eigenvalue weighted by molar-refractivity contribution is 9.10. The molecule has 1 aromatic carbocycles. The smallest absolute Gasteiger partial charge is 0.321 e. The van der Waals surface area contributed by atoms with E-state index in [0.29, 0.717) is 5.69 Å². The summed E-state index contributed by atoms with van der Waals surface area (Å²) in [5, 5.41) is 2.62. The van der Waals surface area contributed by atoms with Crippen molar-refractivity contribution in [2.45, 2.75) is 13.1 Å². The molecule has 1 aromatic heterocycles. The fourth-order valence-electron chi connectivity index (χ4n) is 1.63. The molecule has 1 heterocycles. The van der Waals surface area contributed by atoms with Gasteiger partial charge in [0.25, 0.3) is 5.91 Å². The van der Waals surface area contributed by atoms with Crippen molar-refractivity contribution in [2.75, 3.05) is 5.32 Å². The van der Waals surface area contributed by atoms with E-state index in [0.717, 1.165) is 28.4 Å². The predicted octanol–water partition coefficient (Wildman–Crippen LogP) is 4.42. The number of halogens is 4. The molecule has 0 aliphatic heterocycles. The molecule has 2 rings (SSSR count). The maximum absolute atomic E-state index is 12.4. The van der Waals surface area contributed by atoms with Crippen LogP contribution in [0.3, 0.4) is 0 Å². The van der Waals surface area contributed by atoms with Gasteiger partial charge in [0.2, 0.25) is 0 Å². The number of carbonyl (C=O) groups is 1. The largest absolute Gasteiger partial charge is 0.433 e. The molecule has 0 aliphatic rings. The quantitative estimate of drug-likeness (QED) is 0.862. The summed E-state index contributed by atoms with van der Waals surface area (Å²) in [5.41, 5.74) is 0.491. The second kappa shape index (κ2) is 5.85. The van der Waals surface area contributed by atoms with Crippen molar-refractivity contribution in [1.82, 2.24) is 4.98 Å². The van der Waals surface area contributed by atoms with Crippen LogP contribution in [0.2, 0.25) is 0 Å². The van der Waals surface area contributed by atoms with Crippen molar-refractivity contribution in [3.05, 3.63) is 57.8 Å². The standard InChI is InChI=1S/C14H10BrF3N2O/c1-8-3-2-4-10(12(8)15)20-13(21)9-5-6-11(19-7-9)14(16,17)18/h2-7H,1H3,(H,20,21). The third-order valence-corrected chi connectivity index (χ3v) is 3.81. The molecule has 0 spiro atoms. The summed E-state index contributed by atoms with van der Waals surface area (Å²) in [4.78, 5) is 15.2. The molecule has 110 valence electrons. The topological polar surface area (TPSA) is 42.0 Å². The van der Waals surface area contributed by atoms with Gasteiger partial charge in [0.05, 0.1) is 11.3 Å². The summed E-state index contributed by atoms with van der Waals surface area (Å²) in [7, 11) is 0. The molecular weight excluding hydrogens is 349 g/mol. The molecule has 1 amide bonds. The Labute approximate surface area is 127 Å². The highest BCUT2D eigenvalue weighted by Crippen LogP contribution is 2.28. The van der Waals surface area contributed by atoms with Crippen LogP contribution in [0, 0.1) is 6.92 Å². The van der Waals surface area contributed by atoms with Gasteiger partial charge in [0, 0.05) is 10.7 Å². The first-order valence-corrected chi connectivity index (χ1v) is 6.68. The first kappa shape index (κ1) is 15.5. The number of benzene rings is 1. The SMILES string of the molecule is Cc1cccc(NC(=O)c2ccc(C(F)(F)F)nc2)c1Br. The van der Waals surface area contributed by atoms with Gasteiger partial charge in [0.1, 0.15) is 5.69 Å². The maximum Gasteiger partial charge on any atom is 0.433 e. The van der Waals surface area contributed by atoms with Crippen molar-refractivity contribution in [2.24, 2.45) is 0 Å². The number of pyridine rings is 1. The molecule has 0 saturated carbocycles. The van der Waals surface area contributed by atoms with Gasteiger partial charge in [-0.1, -0.05) is 12.1 Å². The zero-order chi connectivity index (χ0) is 15.6. The van der Waals surface area contributed by atoms with Crippen LogP contribution in [0.25, 0.3) is 0 Å². The normalized spacial score (nSPS) is 11.3. The van der Waals surface area contributed by atoms with Gasteiger partial charge < -0.3 is 5.32 Å². The Hall–Kier alpha value is -1.89. The molecule has 2 aromatic rings. The average Bonchev–Trinajstić information content (AvgIpc) is 2.43. The minimum Gasteiger partial charge on any atom is -0.321 e. The number of amides is 1. The fourth-order valence-corrected chi connectivity index (χ4v) is 2.00. The summed E-state index contributed by atoms with van der Waals surface area (Å²) in [6, 6.07) is 7.18. The third kappa shape index (κ3) is 3.60. The van der Waals surface area contributed by atoms with Gasteiger partial charge in [-0.15, -0.1) is 0 Å². The first-order chi connectivity index (χ1) is 9.79. The fraction of sp³-hybridized carbons (Fsp3) is 0.143. The van der Waals surface area contributed by atoms with Crippen molar-refractivity contribution >= 4 is 27.5 Å². The van der Waals surface area contributed by atoms with Crippen LogP contribution in [0.15, 0.2) is 41.0 Å². The number of alkyl halides is 3. The number of nitrogens with one attached hydrogen (secondary N) is 1. The first-order valence-electron chi connectivity index (χ1n) is 5.89. The summed E-state index contributed by atoms with van der Waals surface area (Å²) in [6.07, 6.45) is -3.61. The molecule has 0 fully saturated rings. The van der Waals surface area contributed by atoms with Crippen molar-refractivity contribution < 1.29 is 18.0 Å². The van der Waals surface area contributed by atoms with Crippen LogP contribution in [0.5, 0.6) is 0 Å². The predicted molar refractivity (Wildman–Crippen MR) is 76.1 cm³/mol. The molecule has 0 radical (unpaired) electrons. The van der Waals surface area contributed by atoms with Gasteiger partial charge in [-0.3, -0.25) is 9.78 Å². The highest BCUT2D eigenvalue weighted by atomic mass is 79.9. The van der Waals surface area contributed by atoms with E-state index in [1.54, 1.807) is 12.1 Å². The van der Waals surface area contributed by atoms with Crippen LogP contribution in [0.4, 0.5) is 18.9 Å². The number of rotatable bonds is 2. The number of carbonyl (C=O) groups excluding carboxylic acids is 1. The third-order valence-electron chi connectivity index (χ3n) is 2.76. The number of aromatic nitrogens is 1. The minimum absolute atomic E-state index is 0.0522. The summed E-state index contributed by atoms with van der Waals surface area (Å²) in [6.45, 7) is 1.86. The number of aryl methyl sites for hydroxylation is 1. The molecule has 0 saturated heterocycles. The van der Waals surface area contributed by atoms with Crippen LogP contribution in [0.1, 0.15) is 21.6 Å². The van der Waals surface area contributed by atoms with E-state index < -0.39 is 17.8 Å². The lowest BCUT2D eigenvalue weighted by Gasteiger charge is -2.10. The summed E-state index contributed by atoms with van der Waals surface area (Å²) < 4.78 is 37.9. The Morgan fingerprint density at radius 1 is 1.24 bits per heavy atom. The minimum atomic E-state index is -4.52. The van der Waals surface area contributed by atoms with Gasteiger partial charge in [-0.05, 0) is 46.6 Å². The number of anilines is 1. The number of hydrogen-bond acceptors (Lipinski definition) is 2. The highest BCUT2D eigenvalue weighted by Gasteiger charge is 2.32.